The van der Waals surface area contributed by atoms with Crippen LogP contribution in [-0.2, 0) is 9.47 Å². The molecule has 2 rings (SSSR count). The number of unbranched alkanes of at least 4 members (excludes halogenated alkanes) is 1. The predicted octanol–water partition coefficient (Wildman–Crippen LogP) is 0.964. The molecule has 0 aromatic carbocycles. The van der Waals surface area contributed by atoms with Gasteiger partial charge in [0.1, 0.15) is 0 Å². The molecule has 0 bridgehead atoms. The molecule has 2 saturated heterocycles. The van der Waals surface area contributed by atoms with E-state index in [2.05, 4.69) is 31.9 Å². The first-order valence-corrected chi connectivity index (χ1v) is 10.7. The van der Waals surface area contributed by atoms with Crippen LogP contribution in [0.1, 0.15) is 26.2 Å². The lowest BCUT2D eigenvalue weighted by atomic mass is 10.1. The van der Waals surface area contributed by atoms with Crippen molar-refractivity contribution in [3.05, 3.63) is 0 Å². The highest BCUT2D eigenvalue weighted by Crippen LogP contribution is 2.16. The van der Waals surface area contributed by atoms with Crippen molar-refractivity contribution in [1.82, 2.24) is 20.0 Å². The molecule has 158 valence electrons. The number of hydrogen-bond acceptors (Lipinski definition) is 5. The van der Waals surface area contributed by atoms with Gasteiger partial charge in [-0.2, -0.15) is 0 Å². The highest BCUT2D eigenvalue weighted by molar-refractivity contribution is 5.80. The van der Waals surface area contributed by atoms with Crippen LogP contribution in [0.5, 0.6) is 0 Å². The second kappa shape index (κ2) is 13.3. The second-order valence-electron chi connectivity index (χ2n) is 7.63. The third-order valence-corrected chi connectivity index (χ3v) is 5.68. The lowest BCUT2D eigenvalue weighted by molar-refractivity contribution is 0.0536. The van der Waals surface area contributed by atoms with Crippen molar-refractivity contribution in [2.75, 3.05) is 92.9 Å². The molecule has 2 aliphatic heterocycles. The van der Waals surface area contributed by atoms with E-state index in [9.17, 15) is 0 Å². The summed E-state index contributed by atoms with van der Waals surface area (Å²) in [6.07, 6.45) is 3.63. The zero-order valence-electron chi connectivity index (χ0n) is 17.8. The summed E-state index contributed by atoms with van der Waals surface area (Å²) < 4.78 is 10.7. The van der Waals surface area contributed by atoms with Crippen LogP contribution in [0.2, 0.25) is 0 Å². The molecule has 2 aliphatic rings. The number of methoxy groups -OCH3 is 1. The quantitative estimate of drug-likeness (QED) is 0.326. The van der Waals surface area contributed by atoms with Crippen molar-refractivity contribution >= 4 is 5.96 Å². The SMILES string of the molecule is CCN1CCN(CCCCNC(=NC)N2CCC(COCCOC)C2)CC1. The number of likely N-dealkylation sites (tertiary alicyclic amines) is 1. The van der Waals surface area contributed by atoms with Gasteiger partial charge in [0, 0.05) is 65.9 Å². The maximum atomic E-state index is 5.68. The summed E-state index contributed by atoms with van der Waals surface area (Å²) >= 11 is 0. The van der Waals surface area contributed by atoms with Crippen LogP contribution in [0.4, 0.5) is 0 Å². The van der Waals surface area contributed by atoms with E-state index in [4.69, 9.17) is 9.47 Å². The van der Waals surface area contributed by atoms with E-state index in [1.54, 1.807) is 7.11 Å². The molecule has 0 saturated carbocycles. The van der Waals surface area contributed by atoms with Gasteiger partial charge in [-0.05, 0) is 32.4 Å². The maximum Gasteiger partial charge on any atom is 0.193 e. The molecule has 2 heterocycles. The van der Waals surface area contributed by atoms with Gasteiger partial charge in [-0.3, -0.25) is 4.99 Å². The van der Waals surface area contributed by atoms with Gasteiger partial charge in [0.15, 0.2) is 5.96 Å². The third kappa shape index (κ3) is 8.34. The van der Waals surface area contributed by atoms with E-state index in [-0.39, 0.29) is 0 Å². The van der Waals surface area contributed by atoms with Gasteiger partial charge in [-0.1, -0.05) is 6.92 Å². The number of hydrogen-bond donors (Lipinski definition) is 1. The van der Waals surface area contributed by atoms with Crippen molar-refractivity contribution in [3.8, 4) is 0 Å². The number of guanidine groups is 1. The Morgan fingerprint density at radius 3 is 2.56 bits per heavy atom. The summed E-state index contributed by atoms with van der Waals surface area (Å²) in [5.74, 6) is 1.65. The van der Waals surface area contributed by atoms with Gasteiger partial charge < -0.3 is 29.5 Å². The molecule has 7 nitrogen and oxygen atoms in total. The predicted molar refractivity (Wildman–Crippen MR) is 112 cm³/mol. The number of aliphatic imine (C=N–C) groups is 1. The number of piperazine rings is 1. The Hall–Kier alpha value is -0.890. The molecule has 2 fully saturated rings. The lowest BCUT2D eigenvalue weighted by Gasteiger charge is -2.34. The van der Waals surface area contributed by atoms with Crippen molar-refractivity contribution in [3.63, 3.8) is 0 Å². The molecule has 1 unspecified atom stereocenters. The standard InChI is InChI=1S/C20H41N5O2/c1-4-23-11-13-24(14-12-23)9-6-5-8-22-20(21-2)25-10-7-19(17-25)18-27-16-15-26-3/h19H,4-18H2,1-3H3,(H,21,22). The summed E-state index contributed by atoms with van der Waals surface area (Å²) in [6, 6.07) is 0. The van der Waals surface area contributed by atoms with Gasteiger partial charge in [-0.15, -0.1) is 0 Å². The molecule has 7 heteroatoms. The smallest absolute Gasteiger partial charge is 0.193 e. The summed E-state index contributed by atoms with van der Waals surface area (Å²) in [5.41, 5.74) is 0. The molecular formula is C20H41N5O2. The average Bonchev–Trinajstić information content (AvgIpc) is 3.17. The molecule has 27 heavy (non-hydrogen) atoms. The number of likely N-dealkylation sites (N-methyl/N-ethyl adjacent to an activating group) is 1. The molecule has 1 atom stereocenters. The van der Waals surface area contributed by atoms with Crippen LogP contribution in [0.15, 0.2) is 4.99 Å². The van der Waals surface area contributed by atoms with Crippen LogP contribution in [0, 0.1) is 5.92 Å². The lowest BCUT2D eigenvalue weighted by Crippen LogP contribution is -2.46. The van der Waals surface area contributed by atoms with Crippen LogP contribution in [-0.4, -0.2) is 114 Å². The number of rotatable bonds is 11. The molecular weight excluding hydrogens is 342 g/mol. The minimum absolute atomic E-state index is 0.599. The van der Waals surface area contributed by atoms with Gasteiger partial charge >= 0.3 is 0 Å². The maximum absolute atomic E-state index is 5.68. The van der Waals surface area contributed by atoms with Crippen LogP contribution >= 0.6 is 0 Å². The zero-order chi connectivity index (χ0) is 19.3. The van der Waals surface area contributed by atoms with E-state index in [1.165, 1.54) is 58.5 Å². The van der Waals surface area contributed by atoms with Crippen LogP contribution < -0.4 is 5.32 Å². The Morgan fingerprint density at radius 2 is 1.85 bits per heavy atom. The molecule has 0 radical (unpaired) electrons. The molecule has 0 aromatic rings. The zero-order valence-corrected chi connectivity index (χ0v) is 17.8. The number of ether oxygens (including phenoxy) is 2. The third-order valence-electron chi connectivity index (χ3n) is 5.68. The summed E-state index contributed by atoms with van der Waals surface area (Å²) in [7, 11) is 3.60. The van der Waals surface area contributed by atoms with Crippen molar-refractivity contribution < 1.29 is 9.47 Å². The minimum atomic E-state index is 0.599. The summed E-state index contributed by atoms with van der Waals surface area (Å²) in [6.45, 7) is 14.9. The fourth-order valence-electron chi connectivity index (χ4n) is 3.88. The fourth-order valence-corrected chi connectivity index (χ4v) is 3.88. The van der Waals surface area contributed by atoms with E-state index in [1.807, 2.05) is 7.05 Å². The van der Waals surface area contributed by atoms with E-state index < -0.39 is 0 Å². The van der Waals surface area contributed by atoms with Gasteiger partial charge in [0.25, 0.3) is 0 Å². The molecule has 0 aromatic heterocycles. The van der Waals surface area contributed by atoms with Gasteiger partial charge in [0.2, 0.25) is 0 Å². The fraction of sp³-hybridized carbons (Fsp3) is 0.950. The van der Waals surface area contributed by atoms with Crippen molar-refractivity contribution in [2.45, 2.75) is 26.2 Å². The first kappa shape index (κ1) is 22.4. The van der Waals surface area contributed by atoms with E-state index in [0.717, 1.165) is 32.2 Å². The first-order valence-electron chi connectivity index (χ1n) is 10.7. The average molecular weight is 384 g/mol. The largest absolute Gasteiger partial charge is 0.382 e. The van der Waals surface area contributed by atoms with Crippen molar-refractivity contribution in [1.29, 1.82) is 0 Å². The number of nitrogens with one attached hydrogen (secondary N) is 1. The van der Waals surface area contributed by atoms with Crippen molar-refractivity contribution in [2.24, 2.45) is 10.9 Å². The van der Waals surface area contributed by atoms with Crippen LogP contribution in [0.3, 0.4) is 0 Å². The Kier molecular flexibility index (Phi) is 11.0. The number of nitrogens with zero attached hydrogens (tertiary/aromatic N) is 4. The summed E-state index contributed by atoms with van der Waals surface area (Å²) in [4.78, 5) is 12.0. The Labute approximate surface area is 166 Å². The Morgan fingerprint density at radius 1 is 1.07 bits per heavy atom. The highest BCUT2D eigenvalue weighted by Gasteiger charge is 2.24. The normalized spacial score (nSPS) is 22.6. The van der Waals surface area contributed by atoms with Gasteiger partial charge in [-0.25, -0.2) is 0 Å². The Bertz CT molecular complexity index is 413. The second-order valence-corrected chi connectivity index (χ2v) is 7.63. The van der Waals surface area contributed by atoms with Crippen LogP contribution in [0.25, 0.3) is 0 Å². The van der Waals surface area contributed by atoms with E-state index >= 15 is 0 Å². The van der Waals surface area contributed by atoms with Gasteiger partial charge in [0.05, 0.1) is 19.8 Å². The minimum Gasteiger partial charge on any atom is -0.382 e. The summed E-state index contributed by atoms with van der Waals surface area (Å²) in [5, 5.41) is 3.55. The molecule has 0 amide bonds. The molecule has 1 N–H and O–H groups in total. The first-order chi connectivity index (χ1) is 13.3. The topological polar surface area (TPSA) is 52.6 Å². The monoisotopic (exact) mass is 383 g/mol. The highest BCUT2D eigenvalue weighted by atomic mass is 16.5. The molecule has 0 spiro atoms. The molecule has 0 aliphatic carbocycles. The van der Waals surface area contributed by atoms with E-state index in [0.29, 0.717) is 19.1 Å². The Balaban J connectivity index is 1.53.